The van der Waals surface area contributed by atoms with Crippen LogP contribution >= 0.6 is 27.5 Å². The molecule has 0 aliphatic rings. The van der Waals surface area contributed by atoms with Crippen LogP contribution in [-0.2, 0) is 17.7 Å². The highest BCUT2D eigenvalue weighted by Gasteiger charge is 2.22. The molecule has 1 aromatic carbocycles. The Labute approximate surface area is 143 Å². The van der Waals surface area contributed by atoms with E-state index in [0.29, 0.717) is 12.2 Å². The lowest BCUT2D eigenvalue weighted by Gasteiger charge is -2.11. The number of methoxy groups -OCH3 is 1. The summed E-state index contributed by atoms with van der Waals surface area (Å²) >= 11 is 9.57. The van der Waals surface area contributed by atoms with E-state index in [4.69, 9.17) is 16.3 Å². The molecule has 2 aromatic rings. The number of imidazole rings is 1. The van der Waals surface area contributed by atoms with Crippen LogP contribution in [0.25, 0.3) is 0 Å². The normalized spacial score (nSPS) is 10.7. The molecule has 1 heterocycles. The van der Waals surface area contributed by atoms with E-state index in [1.165, 1.54) is 7.11 Å². The van der Waals surface area contributed by atoms with Crippen molar-refractivity contribution in [2.24, 2.45) is 0 Å². The fourth-order valence-corrected chi connectivity index (χ4v) is 2.77. The third kappa shape index (κ3) is 3.90. The molecule has 118 valence electrons. The number of hydrogen-bond acceptors (Lipinski definition) is 3. The molecule has 0 spiro atoms. The third-order valence-electron chi connectivity index (χ3n) is 3.39. The average Bonchev–Trinajstić information content (AvgIpc) is 2.82. The van der Waals surface area contributed by atoms with Crippen LogP contribution in [0.4, 0.5) is 0 Å². The number of nitrogens with zero attached hydrogens (tertiary/aromatic N) is 2. The van der Waals surface area contributed by atoms with Gasteiger partial charge in [0.2, 0.25) is 0 Å². The number of carbonyl (C=O) groups excluding carboxylic acids is 1. The maximum absolute atomic E-state index is 12.0. The highest BCUT2D eigenvalue weighted by molar-refractivity contribution is 9.10. The summed E-state index contributed by atoms with van der Waals surface area (Å²) in [5.74, 6) is 0.354. The fourth-order valence-electron chi connectivity index (χ4n) is 2.23. The summed E-state index contributed by atoms with van der Waals surface area (Å²) in [6.45, 7) is 2.65. The molecule has 0 atom stereocenters. The van der Waals surface area contributed by atoms with E-state index in [2.05, 4.69) is 27.8 Å². The first kappa shape index (κ1) is 17.0. The molecule has 0 aliphatic heterocycles. The number of unbranched alkanes of at least 4 members (excludes halogenated alkanes) is 1. The molecule has 0 N–H and O–H groups in total. The van der Waals surface area contributed by atoms with Gasteiger partial charge in [-0.25, -0.2) is 9.78 Å². The molecule has 4 nitrogen and oxygen atoms in total. The van der Waals surface area contributed by atoms with Crippen molar-refractivity contribution >= 4 is 33.5 Å². The Hall–Kier alpha value is -1.33. The van der Waals surface area contributed by atoms with E-state index in [0.717, 1.165) is 35.1 Å². The number of ether oxygens (including phenoxy) is 1. The van der Waals surface area contributed by atoms with E-state index in [-0.39, 0.29) is 5.15 Å². The summed E-state index contributed by atoms with van der Waals surface area (Å²) in [5, 5.41) is 0.204. The van der Waals surface area contributed by atoms with Gasteiger partial charge in [-0.05, 0) is 24.1 Å². The van der Waals surface area contributed by atoms with Crippen molar-refractivity contribution in [2.45, 2.75) is 32.7 Å². The maximum Gasteiger partial charge on any atom is 0.357 e. The SMILES string of the molecule is CCCCc1nc(Cl)c(C(=O)OC)n1Cc1ccc(Br)cc1. The van der Waals surface area contributed by atoms with Crippen molar-refractivity contribution in [2.75, 3.05) is 7.11 Å². The molecule has 0 saturated carbocycles. The van der Waals surface area contributed by atoms with Crippen molar-refractivity contribution in [1.29, 1.82) is 0 Å². The summed E-state index contributed by atoms with van der Waals surface area (Å²) in [6, 6.07) is 7.94. The van der Waals surface area contributed by atoms with Gasteiger partial charge in [0.25, 0.3) is 0 Å². The van der Waals surface area contributed by atoms with E-state index >= 15 is 0 Å². The van der Waals surface area contributed by atoms with Crippen LogP contribution in [0.5, 0.6) is 0 Å². The molecule has 1 aromatic heterocycles. The van der Waals surface area contributed by atoms with Gasteiger partial charge in [-0.2, -0.15) is 0 Å². The molecule has 6 heteroatoms. The molecule has 0 amide bonds. The number of halogens is 2. The quantitative estimate of drug-likeness (QED) is 0.689. The molecular weight excluding hydrogens is 368 g/mol. The number of benzene rings is 1. The zero-order chi connectivity index (χ0) is 16.1. The second-order valence-corrected chi connectivity index (χ2v) is 6.25. The third-order valence-corrected chi connectivity index (χ3v) is 4.18. The zero-order valence-corrected chi connectivity index (χ0v) is 14.9. The maximum atomic E-state index is 12.0. The average molecular weight is 386 g/mol. The van der Waals surface area contributed by atoms with Crippen molar-refractivity contribution in [3.63, 3.8) is 0 Å². The first-order valence-corrected chi connectivity index (χ1v) is 8.31. The molecule has 2 rings (SSSR count). The Bertz CT molecular complexity index is 653. The van der Waals surface area contributed by atoms with Crippen LogP contribution in [-0.4, -0.2) is 22.6 Å². The number of rotatable bonds is 6. The monoisotopic (exact) mass is 384 g/mol. The minimum absolute atomic E-state index is 0.204. The Kier molecular flexibility index (Phi) is 6.03. The molecule has 22 heavy (non-hydrogen) atoms. The van der Waals surface area contributed by atoms with Crippen LogP contribution in [0, 0.1) is 0 Å². The van der Waals surface area contributed by atoms with E-state index in [1.807, 2.05) is 28.8 Å². The highest BCUT2D eigenvalue weighted by atomic mass is 79.9. The van der Waals surface area contributed by atoms with Crippen molar-refractivity contribution in [3.05, 3.63) is 51.0 Å². The van der Waals surface area contributed by atoms with Gasteiger partial charge in [0.15, 0.2) is 10.8 Å². The molecule has 0 unspecified atom stereocenters. The van der Waals surface area contributed by atoms with E-state index < -0.39 is 5.97 Å². The van der Waals surface area contributed by atoms with Gasteiger partial charge >= 0.3 is 5.97 Å². The molecule has 0 radical (unpaired) electrons. The number of esters is 1. The van der Waals surface area contributed by atoms with Crippen LogP contribution in [0.3, 0.4) is 0 Å². The summed E-state index contributed by atoms with van der Waals surface area (Å²) in [7, 11) is 1.35. The second kappa shape index (κ2) is 7.79. The van der Waals surface area contributed by atoms with Gasteiger partial charge in [0, 0.05) is 17.4 Å². The molecule has 0 aliphatic carbocycles. The second-order valence-electron chi connectivity index (χ2n) is 4.98. The van der Waals surface area contributed by atoms with E-state index in [9.17, 15) is 4.79 Å². The summed E-state index contributed by atoms with van der Waals surface area (Å²) in [6.07, 6.45) is 2.83. The highest BCUT2D eigenvalue weighted by Crippen LogP contribution is 2.22. The van der Waals surface area contributed by atoms with Crippen LogP contribution < -0.4 is 0 Å². The summed E-state index contributed by atoms with van der Waals surface area (Å²) < 4.78 is 7.71. The smallest absolute Gasteiger partial charge is 0.357 e. The number of carbonyl (C=O) groups is 1. The standard InChI is InChI=1S/C16H18BrClN2O2/c1-3-4-5-13-19-15(18)14(16(21)22-2)20(13)10-11-6-8-12(17)9-7-11/h6-9H,3-5,10H2,1-2H3. The van der Waals surface area contributed by atoms with Gasteiger partial charge in [-0.1, -0.05) is 53.0 Å². The molecular formula is C16H18BrClN2O2. The number of aromatic nitrogens is 2. The summed E-state index contributed by atoms with van der Waals surface area (Å²) in [5.41, 5.74) is 1.39. The molecule has 0 bridgehead atoms. The number of aryl methyl sites for hydroxylation is 1. The number of hydrogen-bond donors (Lipinski definition) is 0. The van der Waals surface area contributed by atoms with Crippen molar-refractivity contribution in [3.8, 4) is 0 Å². The zero-order valence-electron chi connectivity index (χ0n) is 12.6. The molecule has 0 saturated heterocycles. The first-order valence-electron chi connectivity index (χ1n) is 7.14. The van der Waals surface area contributed by atoms with Gasteiger partial charge in [-0.15, -0.1) is 0 Å². The lowest BCUT2D eigenvalue weighted by Crippen LogP contribution is -2.14. The van der Waals surface area contributed by atoms with Crippen LogP contribution in [0.1, 0.15) is 41.6 Å². The van der Waals surface area contributed by atoms with Crippen molar-refractivity contribution < 1.29 is 9.53 Å². The Balaban J connectivity index is 2.40. The first-order chi connectivity index (χ1) is 10.6. The predicted octanol–water partition coefficient (Wildman–Crippen LogP) is 4.48. The molecule has 0 fully saturated rings. The topological polar surface area (TPSA) is 44.1 Å². The van der Waals surface area contributed by atoms with Gasteiger partial charge in [-0.3, -0.25) is 0 Å². The minimum atomic E-state index is -0.461. The summed E-state index contributed by atoms with van der Waals surface area (Å²) in [4.78, 5) is 16.4. The Morgan fingerprint density at radius 3 is 2.64 bits per heavy atom. The van der Waals surface area contributed by atoms with Crippen molar-refractivity contribution in [1.82, 2.24) is 9.55 Å². The van der Waals surface area contributed by atoms with E-state index in [1.54, 1.807) is 0 Å². The predicted molar refractivity (Wildman–Crippen MR) is 90.4 cm³/mol. The van der Waals surface area contributed by atoms with Crippen LogP contribution in [0.15, 0.2) is 28.7 Å². The largest absolute Gasteiger partial charge is 0.464 e. The Morgan fingerprint density at radius 1 is 1.36 bits per heavy atom. The van der Waals surface area contributed by atoms with Gasteiger partial charge < -0.3 is 9.30 Å². The van der Waals surface area contributed by atoms with Gasteiger partial charge in [0.05, 0.1) is 7.11 Å². The lowest BCUT2D eigenvalue weighted by atomic mass is 10.2. The fraction of sp³-hybridized carbons (Fsp3) is 0.375. The van der Waals surface area contributed by atoms with Gasteiger partial charge in [0.1, 0.15) is 5.82 Å². The van der Waals surface area contributed by atoms with Crippen LogP contribution in [0.2, 0.25) is 5.15 Å². The Morgan fingerprint density at radius 2 is 2.05 bits per heavy atom. The minimum Gasteiger partial charge on any atom is -0.464 e. The lowest BCUT2D eigenvalue weighted by molar-refractivity contribution is 0.0589.